The minimum absolute atomic E-state index is 0.907. The lowest BCUT2D eigenvalue weighted by Crippen LogP contribution is -1.98. The van der Waals surface area contributed by atoms with Crippen molar-refractivity contribution in [1.82, 2.24) is 14.5 Å². The van der Waals surface area contributed by atoms with Gasteiger partial charge < -0.3 is 0 Å². The summed E-state index contributed by atoms with van der Waals surface area (Å²) in [4.78, 5) is 10.2. The van der Waals surface area contributed by atoms with E-state index < -0.39 is 0 Å². The molecule has 218 valence electrons. The first-order valence-corrected chi connectivity index (χ1v) is 16.0. The van der Waals surface area contributed by atoms with E-state index in [9.17, 15) is 0 Å². The molecular weight excluding hydrogens is 571 g/mol. The normalized spacial score (nSPS) is 11.8. The number of fused-ring (bicyclic) bond motifs is 11. The lowest BCUT2D eigenvalue weighted by Gasteiger charge is -2.12. The van der Waals surface area contributed by atoms with Crippen LogP contribution in [-0.2, 0) is 0 Å². The molecule has 10 rings (SSSR count). The highest BCUT2D eigenvalue weighted by Crippen LogP contribution is 2.42. The zero-order valence-electron chi connectivity index (χ0n) is 25.4. The van der Waals surface area contributed by atoms with Crippen LogP contribution in [0.1, 0.15) is 0 Å². The maximum absolute atomic E-state index is 5.09. The van der Waals surface area contributed by atoms with Crippen LogP contribution in [-0.4, -0.2) is 14.5 Å². The molecule has 0 saturated heterocycles. The van der Waals surface area contributed by atoms with Crippen molar-refractivity contribution < 1.29 is 0 Å². The first kappa shape index (κ1) is 26.0. The second-order valence-corrected chi connectivity index (χ2v) is 12.2. The van der Waals surface area contributed by atoms with E-state index in [-0.39, 0.29) is 0 Å². The van der Waals surface area contributed by atoms with E-state index in [4.69, 9.17) is 9.97 Å². The van der Waals surface area contributed by atoms with Crippen LogP contribution in [0.15, 0.2) is 164 Å². The Balaban J connectivity index is 1.07. The number of pyridine rings is 2. The number of nitrogens with zero attached hydrogens (tertiary/aromatic N) is 3. The number of hydrogen-bond donors (Lipinski definition) is 0. The van der Waals surface area contributed by atoms with Crippen molar-refractivity contribution in [2.75, 3.05) is 0 Å². The van der Waals surface area contributed by atoms with E-state index in [1.54, 1.807) is 0 Å². The fourth-order valence-electron chi connectivity index (χ4n) is 7.41. The van der Waals surface area contributed by atoms with Crippen LogP contribution in [0.2, 0.25) is 0 Å². The van der Waals surface area contributed by atoms with Gasteiger partial charge in [0.25, 0.3) is 0 Å². The van der Waals surface area contributed by atoms with Gasteiger partial charge in [0, 0.05) is 44.3 Å². The summed E-state index contributed by atoms with van der Waals surface area (Å²) >= 11 is 0. The molecule has 0 bridgehead atoms. The Labute approximate surface area is 271 Å². The maximum Gasteiger partial charge on any atom is 0.137 e. The van der Waals surface area contributed by atoms with Crippen LogP contribution in [0, 0.1) is 0 Å². The van der Waals surface area contributed by atoms with Gasteiger partial charge in [0.1, 0.15) is 5.82 Å². The lowest BCUT2D eigenvalue weighted by atomic mass is 9.97. The predicted octanol–water partition coefficient (Wildman–Crippen LogP) is 11.5. The highest BCUT2D eigenvalue weighted by Gasteiger charge is 2.19. The molecule has 0 amide bonds. The predicted molar refractivity (Wildman–Crippen MR) is 197 cm³/mol. The number of hydrogen-bond acceptors (Lipinski definition) is 2. The molecule has 0 spiro atoms. The van der Waals surface area contributed by atoms with Crippen LogP contribution in [0.25, 0.3) is 93.2 Å². The molecule has 3 heteroatoms. The van der Waals surface area contributed by atoms with Crippen molar-refractivity contribution in [2.24, 2.45) is 0 Å². The molecule has 7 aromatic carbocycles. The molecule has 0 aliphatic rings. The van der Waals surface area contributed by atoms with Crippen LogP contribution >= 0.6 is 0 Å². The summed E-state index contributed by atoms with van der Waals surface area (Å²) in [6.07, 6.45) is 1.99. The summed E-state index contributed by atoms with van der Waals surface area (Å²) in [6, 6.07) is 56.2. The summed E-state index contributed by atoms with van der Waals surface area (Å²) in [7, 11) is 0. The molecule has 0 saturated carbocycles. The highest BCUT2D eigenvalue weighted by molar-refractivity contribution is 6.32. The molecule has 0 atom stereocenters. The van der Waals surface area contributed by atoms with Crippen molar-refractivity contribution in [3.63, 3.8) is 0 Å². The average Bonchev–Trinajstić information content (AvgIpc) is 3.51. The first-order valence-electron chi connectivity index (χ1n) is 16.0. The van der Waals surface area contributed by atoms with Crippen LogP contribution in [0.4, 0.5) is 0 Å². The Morgan fingerprint density at radius 1 is 0.404 bits per heavy atom. The Morgan fingerprint density at radius 3 is 1.79 bits per heavy atom. The monoisotopic (exact) mass is 597 g/mol. The molecular formula is C44H27N3. The smallest absolute Gasteiger partial charge is 0.137 e. The van der Waals surface area contributed by atoms with Crippen LogP contribution in [0.3, 0.4) is 0 Å². The molecule has 0 N–H and O–H groups in total. The van der Waals surface area contributed by atoms with E-state index in [1.807, 2.05) is 6.20 Å². The SMILES string of the molecule is c1ccc2c(c1)ccc1ccc(-c3ccc(-c4ccc(-n5c6ccccc6c6c7ccccc7c7ccccc7c65)nc4)cc3)nc12. The molecule has 0 unspecified atom stereocenters. The first-order chi connectivity index (χ1) is 23.3. The van der Waals surface area contributed by atoms with E-state index in [0.717, 1.165) is 44.6 Å². The van der Waals surface area contributed by atoms with Crippen molar-refractivity contribution in [3.05, 3.63) is 164 Å². The third-order valence-corrected chi connectivity index (χ3v) is 9.62. The quantitative estimate of drug-likeness (QED) is 0.190. The molecule has 3 heterocycles. The molecule has 3 nitrogen and oxygen atoms in total. The van der Waals surface area contributed by atoms with Gasteiger partial charge in [0.15, 0.2) is 0 Å². The Kier molecular flexibility index (Phi) is 5.57. The zero-order chi connectivity index (χ0) is 30.9. The standard InChI is InChI=1S/C44H27N3/c1-2-10-33-29(9-1)19-22-31-23-25-39(46-43(31)33)30-20-17-28(18-21-30)32-24-26-41(45-27-32)47-40-16-8-7-15-38(40)42-36-13-5-3-11-34(36)35-12-4-6-14-37(35)44(42)47/h1-27H. The zero-order valence-corrected chi connectivity index (χ0v) is 25.4. The van der Waals surface area contributed by atoms with Gasteiger partial charge in [0.2, 0.25) is 0 Å². The molecule has 3 aromatic heterocycles. The number of rotatable bonds is 3. The van der Waals surface area contributed by atoms with Crippen molar-refractivity contribution in [3.8, 4) is 28.2 Å². The van der Waals surface area contributed by atoms with Crippen LogP contribution in [0.5, 0.6) is 0 Å². The van der Waals surface area contributed by atoms with Crippen LogP contribution < -0.4 is 0 Å². The van der Waals surface area contributed by atoms with Gasteiger partial charge in [-0.05, 0) is 51.4 Å². The summed E-state index contributed by atoms with van der Waals surface area (Å²) in [6.45, 7) is 0. The fourth-order valence-corrected chi connectivity index (χ4v) is 7.41. The van der Waals surface area contributed by atoms with Crippen molar-refractivity contribution in [2.45, 2.75) is 0 Å². The third-order valence-electron chi connectivity index (χ3n) is 9.62. The maximum atomic E-state index is 5.09. The summed E-state index contributed by atoms with van der Waals surface area (Å²) in [5.74, 6) is 0.907. The van der Waals surface area contributed by atoms with E-state index >= 15 is 0 Å². The minimum atomic E-state index is 0.907. The molecule has 0 fully saturated rings. The molecule has 0 aliphatic heterocycles. The van der Waals surface area contributed by atoms with Gasteiger partial charge in [0.05, 0.1) is 22.2 Å². The largest absolute Gasteiger partial charge is 0.293 e. The minimum Gasteiger partial charge on any atom is -0.293 e. The van der Waals surface area contributed by atoms with Crippen molar-refractivity contribution >= 4 is 65.0 Å². The summed E-state index contributed by atoms with van der Waals surface area (Å²) in [5.41, 5.74) is 7.66. The fraction of sp³-hybridized carbons (Fsp3) is 0. The number of para-hydroxylation sites is 1. The lowest BCUT2D eigenvalue weighted by molar-refractivity contribution is 1.09. The third kappa shape index (κ3) is 3.93. The van der Waals surface area contributed by atoms with E-state index in [2.05, 4.69) is 162 Å². The van der Waals surface area contributed by atoms with Gasteiger partial charge in [-0.15, -0.1) is 0 Å². The van der Waals surface area contributed by atoms with Gasteiger partial charge >= 0.3 is 0 Å². The van der Waals surface area contributed by atoms with Gasteiger partial charge in [-0.25, -0.2) is 9.97 Å². The average molecular weight is 598 g/mol. The Bertz CT molecular complexity index is 2830. The van der Waals surface area contributed by atoms with Crippen molar-refractivity contribution in [1.29, 1.82) is 0 Å². The summed E-state index contributed by atoms with van der Waals surface area (Å²) in [5, 5.41) is 11.1. The summed E-state index contributed by atoms with van der Waals surface area (Å²) < 4.78 is 2.33. The second kappa shape index (κ2) is 10.1. The second-order valence-electron chi connectivity index (χ2n) is 12.2. The Morgan fingerprint density at radius 2 is 1.00 bits per heavy atom. The van der Waals surface area contributed by atoms with E-state index in [1.165, 1.54) is 48.6 Å². The number of benzene rings is 7. The number of aromatic nitrogens is 3. The molecule has 47 heavy (non-hydrogen) atoms. The van der Waals surface area contributed by atoms with Gasteiger partial charge in [-0.2, -0.15) is 0 Å². The van der Waals surface area contributed by atoms with Gasteiger partial charge in [-0.1, -0.05) is 133 Å². The highest BCUT2D eigenvalue weighted by atomic mass is 15.1. The Hall–Kier alpha value is -6.32. The van der Waals surface area contributed by atoms with Gasteiger partial charge in [-0.3, -0.25) is 4.57 Å². The topological polar surface area (TPSA) is 30.7 Å². The van der Waals surface area contributed by atoms with E-state index in [0.29, 0.717) is 0 Å². The molecule has 0 aliphatic carbocycles. The molecule has 0 radical (unpaired) electrons. The molecule has 10 aromatic rings.